The molecule has 0 aliphatic carbocycles. The lowest BCUT2D eigenvalue weighted by Crippen LogP contribution is -2.19. The van der Waals surface area contributed by atoms with Gasteiger partial charge in [0.25, 0.3) is 0 Å². The molecule has 0 atom stereocenters. The highest BCUT2D eigenvalue weighted by atomic mass is 35.5. The number of aromatic nitrogens is 2. The average Bonchev–Trinajstić information content (AvgIpc) is 2.76. The summed E-state index contributed by atoms with van der Waals surface area (Å²) < 4.78 is 5.39. The van der Waals surface area contributed by atoms with Crippen molar-refractivity contribution in [1.29, 1.82) is 0 Å². The monoisotopic (exact) mass is 261 g/mol. The highest BCUT2D eigenvalue weighted by molar-refractivity contribution is 7.99. The molecule has 1 aliphatic rings. The largest absolute Gasteiger partial charge is 0.408 e. The highest BCUT2D eigenvalue weighted by Gasteiger charge is 2.14. The van der Waals surface area contributed by atoms with E-state index in [1.54, 1.807) is 0 Å². The quantitative estimate of drug-likeness (QED) is 0.825. The van der Waals surface area contributed by atoms with Crippen LogP contribution in [0.15, 0.2) is 4.42 Å². The second-order valence-corrected chi connectivity index (χ2v) is 5.48. The first-order valence-electron chi connectivity index (χ1n) is 5.58. The number of nitrogens with one attached hydrogen (secondary N) is 1. The van der Waals surface area contributed by atoms with E-state index < -0.39 is 0 Å². The Bertz CT molecular complexity index is 315. The fourth-order valence-corrected chi connectivity index (χ4v) is 3.05. The minimum atomic E-state index is 0.515. The summed E-state index contributed by atoms with van der Waals surface area (Å²) in [6, 6.07) is 0.526. The molecule has 2 rings (SSSR count). The normalized spacial score (nSPS) is 17.6. The summed E-state index contributed by atoms with van der Waals surface area (Å²) in [5.41, 5.74) is 0. The fourth-order valence-electron chi connectivity index (χ4n) is 1.69. The maximum atomic E-state index is 5.59. The minimum Gasteiger partial charge on any atom is -0.408 e. The zero-order valence-corrected chi connectivity index (χ0v) is 10.7. The van der Waals surface area contributed by atoms with Crippen molar-refractivity contribution in [3.8, 4) is 0 Å². The molecule has 1 saturated heterocycles. The van der Waals surface area contributed by atoms with E-state index in [2.05, 4.69) is 15.5 Å². The summed E-state index contributed by atoms with van der Waals surface area (Å²) >= 11 is 7.63. The van der Waals surface area contributed by atoms with E-state index >= 15 is 0 Å². The van der Waals surface area contributed by atoms with E-state index in [1.807, 2.05) is 11.8 Å². The van der Waals surface area contributed by atoms with Crippen molar-refractivity contribution in [2.45, 2.75) is 19.3 Å². The first-order valence-corrected chi connectivity index (χ1v) is 7.27. The van der Waals surface area contributed by atoms with Crippen LogP contribution < -0.4 is 5.32 Å². The molecule has 16 heavy (non-hydrogen) atoms. The molecular weight excluding hydrogens is 246 g/mol. The number of alkyl halides is 1. The minimum absolute atomic E-state index is 0.515. The van der Waals surface area contributed by atoms with Crippen molar-refractivity contribution in [1.82, 2.24) is 10.2 Å². The van der Waals surface area contributed by atoms with Crippen LogP contribution in [-0.4, -0.2) is 34.1 Å². The second-order valence-electron chi connectivity index (χ2n) is 3.88. The molecule has 90 valence electrons. The number of thioether (sulfide) groups is 1. The van der Waals surface area contributed by atoms with E-state index in [1.165, 1.54) is 24.3 Å². The van der Waals surface area contributed by atoms with Gasteiger partial charge in [0.2, 0.25) is 5.89 Å². The lowest BCUT2D eigenvalue weighted by Gasteiger charge is -2.20. The number of rotatable bonds is 5. The number of aryl methyl sites for hydroxylation is 1. The molecule has 6 heteroatoms. The van der Waals surface area contributed by atoms with E-state index in [-0.39, 0.29) is 0 Å². The van der Waals surface area contributed by atoms with Crippen LogP contribution in [0.1, 0.15) is 18.7 Å². The molecule has 0 radical (unpaired) electrons. The molecule has 1 aromatic heterocycles. The molecule has 0 amide bonds. The van der Waals surface area contributed by atoms with E-state index in [4.69, 9.17) is 16.0 Å². The Morgan fingerprint density at radius 2 is 2.19 bits per heavy atom. The molecule has 0 saturated carbocycles. The van der Waals surface area contributed by atoms with E-state index in [0.717, 1.165) is 12.5 Å². The van der Waals surface area contributed by atoms with E-state index in [9.17, 15) is 0 Å². The third kappa shape index (κ3) is 3.56. The Hall–Kier alpha value is -0.420. The zero-order valence-electron chi connectivity index (χ0n) is 9.12. The van der Waals surface area contributed by atoms with Gasteiger partial charge >= 0.3 is 6.01 Å². The van der Waals surface area contributed by atoms with Crippen LogP contribution in [0.25, 0.3) is 0 Å². The van der Waals surface area contributed by atoms with Crippen molar-refractivity contribution < 1.29 is 4.42 Å². The van der Waals surface area contributed by atoms with Crippen molar-refractivity contribution in [2.75, 3.05) is 29.2 Å². The molecule has 2 heterocycles. The van der Waals surface area contributed by atoms with Crippen LogP contribution in [0, 0.1) is 5.92 Å². The van der Waals surface area contributed by atoms with Gasteiger partial charge in [-0.25, -0.2) is 0 Å². The van der Waals surface area contributed by atoms with Crippen LogP contribution in [0.2, 0.25) is 0 Å². The maximum Gasteiger partial charge on any atom is 0.315 e. The summed E-state index contributed by atoms with van der Waals surface area (Å²) in [7, 11) is 0. The van der Waals surface area contributed by atoms with Crippen LogP contribution in [0.3, 0.4) is 0 Å². The second kappa shape index (κ2) is 6.35. The molecule has 0 unspecified atom stereocenters. The van der Waals surface area contributed by atoms with Gasteiger partial charge in [-0.05, 0) is 30.3 Å². The number of halogens is 1. The molecule has 1 aliphatic heterocycles. The fraction of sp³-hybridized carbons (Fsp3) is 0.800. The van der Waals surface area contributed by atoms with Gasteiger partial charge < -0.3 is 9.73 Å². The smallest absolute Gasteiger partial charge is 0.315 e. The number of hydrogen-bond donors (Lipinski definition) is 1. The van der Waals surface area contributed by atoms with Gasteiger partial charge in [0.15, 0.2) is 0 Å². The molecular formula is C10H16ClN3OS. The third-order valence-electron chi connectivity index (χ3n) is 2.66. The van der Waals surface area contributed by atoms with Gasteiger partial charge in [0, 0.05) is 18.8 Å². The molecule has 0 aromatic carbocycles. The average molecular weight is 262 g/mol. The first-order chi connectivity index (χ1) is 7.88. The van der Waals surface area contributed by atoms with Gasteiger partial charge in [-0.3, -0.25) is 0 Å². The number of anilines is 1. The zero-order chi connectivity index (χ0) is 11.2. The predicted octanol–water partition coefficient (Wildman–Crippen LogP) is 2.41. The SMILES string of the molecule is ClCCc1nnc(NCC2CCSCC2)o1. The number of hydrogen-bond acceptors (Lipinski definition) is 5. The molecule has 0 bridgehead atoms. The van der Waals surface area contributed by atoms with Crippen LogP contribution >= 0.6 is 23.4 Å². The van der Waals surface area contributed by atoms with Gasteiger partial charge in [-0.1, -0.05) is 5.10 Å². The molecule has 1 N–H and O–H groups in total. The Kier molecular flexibility index (Phi) is 4.78. The Morgan fingerprint density at radius 3 is 2.94 bits per heavy atom. The van der Waals surface area contributed by atoms with Crippen LogP contribution in [0.5, 0.6) is 0 Å². The van der Waals surface area contributed by atoms with Crippen LogP contribution in [0.4, 0.5) is 6.01 Å². The third-order valence-corrected chi connectivity index (χ3v) is 3.90. The lowest BCUT2D eigenvalue weighted by atomic mass is 10.0. The summed E-state index contributed by atoms with van der Waals surface area (Å²) in [5, 5.41) is 11.0. The Balaban J connectivity index is 1.75. The number of nitrogens with zero attached hydrogens (tertiary/aromatic N) is 2. The topological polar surface area (TPSA) is 51.0 Å². The van der Waals surface area contributed by atoms with Crippen molar-refractivity contribution in [3.63, 3.8) is 0 Å². The Morgan fingerprint density at radius 1 is 1.38 bits per heavy atom. The first kappa shape index (κ1) is 12.0. The van der Waals surface area contributed by atoms with Crippen molar-refractivity contribution >= 4 is 29.4 Å². The van der Waals surface area contributed by atoms with Gasteiger partial charge in [0.05, 0.1) is 0 Å². The van der Waals surface area contributed by atoms with Gasteiger partial charge in [-0.15, -0.1) is 16.7 Å². The Labute approximate surface area is 105 Å². The molecule has 1 fully saturated rings. The molecule has 4 nitrogen and oxygen atoms in total. The summed E-state index contributed by atoms with van der Waals surface area (Å²) in [5.74, 6) is 4.41. The van der Waals surface area contributed by atoms with Gasteiger partial charge in [-0.2, -0.15) is 11.8 Å². The maximum absolute atomic E-state index is 5.59. The lowest BCUT2D eigenvalue weighted by molar-refractivity contribution is 0.484. The van der Waals surface area contributed by atoms with Gasteiger partial charge in [0.1, 0.15) is 0 Å². The van der Waals surface area contributed by atoms with Crippen LogP contribution in [-0.2, 0) is 6.42 Å². The molecule has 1 aromatic rings. The molecule has 0 spiro atoms. The van der Waals surface area contributed by atoms with Crippen molar-refractivity contribution in [2.24, 2.45) is 5.92 Å². The summed E-state index contributed by atoms with van der Waals surface area (Å²) in [6.07, 6.45) is 3.19. The standard InChI is InChI=1S/C10H16ClN3OS/c11-4-1-9-13-14-10(15-9)12-7-8-2-5-16-6-3-8/h8H,1-7H2,(H,12,14). The van der Waals surface area contributed by atoms with E-state index in [0.29, 0.717) is 24.2 Å². The summed E-state index contributed by atoms with van der Waals surface area (Å²) in [4.78, 5) is 0. The van der Waals surface area contributed by atoms with Crippen molar-refractivity contribution in [3.05, 3.63) is 5.89 Å². The predicted molar refractivity (Wildman–Crippen MR) is 67.3 cm³/mol. The highest BCUT2D eigenvalue weighted by Crippen LogP contribution is 2.22. The summed E-state index contributed by atoms with van der Waals surface area (Å²) in [6.45, 7) is 0.934.